The molecule has 0 aliphatic rings. The van der Waals surface area contributed by atoms with Crippen molar-refractivity contribution in [3.63, 3.8) is 0 Å². The zero-order valence-electron chi connectivity index (χ0n) is 18.1. The summed E-state index contributed by atoms with van der Waals surface area (Å²) < 4.78 is 34.2. The third-order valence-electron chi connectivity index (χ3n) is 4.54. The molecule has 4 rings (SSSR count). The summed E-state index contributed by atoms with van der Waals surface area (Å²) >= 11 is 0. The Morgan fingerprint density at radius 1 is 0.939 bits per heavy atom. The van der Waals surface area contributed by atoms with Crippen LogP contribution in [0.2, 0.25) is 0 Å². The van der Waals surface area contributed by atoms with Gasteiger partial charge in [-0.15, -0.1) is 0 Å². The van der Waals surface area contributed by atoms with Crippen LogP contribution in [0, 0.1) is 32.4 Å². The Morgan fingerprint density at radius 2 is 1.70 bits per heavy atom. The van der Waals surface area contributed by atoms with Gasteiger partial charge in [-0.05, 0) is 63.2 Å². The van der Waals surface area contributed by atoms with Crippen molar-refractivity contribution in [2.75, 3.05) is 10.6 Å². The highest BCUT2D eigenvalue weighted by Crippen LogP contribution is 2.24. The number of nitrogens with one attached hydrogen (secondary N) is 2. The topological polar surface area (TPSA) is 94.0 Å². The van der Waals surface area contributed by atoms with Crippen molar-refractivity contribution >= 4 is 17.4 Å². The second-order valence-electron chi connectivity index (χ2n) is 7.28. The average Bonchev–Trinajstić information content (AvgIpc) is 3.09. The lowest BCUT2D eigenvalue weighted by Crippen LogP contribution is -2.20. The minimum atomic E-state index is -0.867. The van der Waals surface area contributed by atoms with Crippen LogP contribution in [-0.4, -0.2) is 25.8 Å². The van der Waals surface area contributed by atoms with Crippen molar-refractivity contribution in [2.24, 2.45) is 0 Å². The summed E-state index contributed by atoms with van der Waals surface area (Å²) in [5.74, 6) is 0.353. The number of halogens is 2. The Balaban J connectivity index is 1.43. The van der Waals surface area contributed by atoms with Gasteiger partial charge in [0.1, 0.15) is 23.2 Å². The fraction of sp³-hybridized carbons (Fsp3) is 0.130. The molecule has 2 aromatic carbocycles. The third-order valence-corrected chi connectivity index (χ3v) is 4.54. The number of rotatable bonds is 5. The molecule has 10 heteroatoms. The molecule has 2 heterocycles. The fourth-order valence-corrected chi connectivity index (χ4v) is 3.15. The van der Waals surface area contributed by atoms with Crippen molar-refractivity contribution in [1.29, 1.82) is 0 Å². The smallest absolute Gasteiger partial charge is 0.323 e. The normalized spacial score (nSPS) is 10.7. The van der Waals surface area contributed by atoms with Crippen LogP contribution in [0.4, 0.5) is 25.0 Å². The van der Waals surface area contributed by atoms with Gasteiger partial charge >= 0.3 is 6.03 Å². The lowest BCUT2D eigenvalue weighted by atomic mass is 10.3. The molecule has 0 unspecified atom stereocenters. The highest BCUT2D eigenvalue weighted by atomic mass is 19.1. The summed E-state index contributed by atoms with van der Waals surface area (Å²) in [6.45, 7) is 5.60. The summed E-state index contributed by atoms with van der Waals surface area (Å²) in [6.07, 6.45) is 0. The number of urea groups is 1. The number of amides is 2. The van der Waals surface area contributed by atoms with Crippen molar-refractivity contribution in [2.45, 2.75) is 20.8 Å². The van der Waals surface area contributed by atoms with E-state index in [1.807, 2.05) is 19.9 Å². The maximum absolute atomic E-state index is 13.7. The van der Waals surface area contributed by atoms with Gasteiger partial charge in [0.15, 0.2) is 5.82 Å². The summed E-state index contributed by atoms with van der Waals surface area (Å²) in [7, 11) is 0. The van der Waals surface area contributed by atoms with Crippen LogP contribution < -0.4 is 15.4 Å². The molecule has 0 bridgehead atoms. The van der Waals surface area contributed by atoms with Gasteiger partial charge in [-0.3, -0.25) is 0 Å². The molecule has 0 spiro atoms. The van der Waals surface area contributed by atoms with E-state index in [4.69, 9.17) is 4.74 Å². The van der Waals surface area contributed by atoms with Crippen molar-refractivity contribution in [1.82, 2.24) is 19.7 Å². The van der Waals surface area contributed by atoms with E-state index in [2.05, 4.69) is 25.7 Å². The van der Waals surface area contributed by atoms with Crippen molar-refractivity contribution in [3.05, 3.63) is 83.4 Å². The van der Waals surface area contributed by atoms with Crippen LogP contribution >= 0.6 is 0 Å². The van der Waals surface area contributed by atoms with E-state index in [9.17, 15) is 13.6 Å². The Kier molecular flexibility index (Phi) is 5.99. The lowest BCUT2D eigenvalue weighted by molar-refractivity contribution is 0.262. The van der Waals surface area contributed by atoms with Crippen LogP contribution in [0.1, 0.15) is 17.2 Å². The molecular formula is C23H20F2N6O2. The molecular weight excluding hydrogens is 430 g/mol. The van der Waals surface area contributed by atoms with Gasteiger partial charge in [0.05, 0.1) is 11.4 Å². The van der Waals surface area contributed by atoms with E-state index in [1.54, 1.807) is 41.9 Å². The largest absolute Gasteiger partial charge is 0.439 e. The minimum absolute atomic E-state index is 0.133. The molecule has 2 N–H and O–H groups in total. The SMILES string of the molecule is Cc1cc(C)n(-c2cc(Oc3ccc(NC(=O)Nc4ccc(F)cc4F)cc3)nc(C)n2)n1. The number of nitrogens with zero attached hydrogens (tertiary/aromatic N) is 4. The molecule has 0 saturated carbocycles. The predicted octanol–water partition coefficient (Wildman–Crippen LogP) is 5.30. The van der Waals surface area contributed by atoms with Gasteiger partial charge in [-0.1, -0.05) is 0 Å². The zero-order chi connectivity index (χ0) is 23.5. The highest BCUT2D eigenvalue weighted by Gasteiger charge is 2.11. The predicted molar refractivity (Wildman–Crippen MR) is 119 cm³/mol. The van der Waals surface area contributed by atoms with Crippen LogP contribution in [0.5, 0.6) is 11.6 Å². The number of hydrogen-bond donors (Lipinski definition) is 2. The molecule has 8 nitrogen and oxygen atoms in total. The van der Waals surface area contributed by atoms with E-state index in [1.165, 1.54) is 0 Å². The summed E-state index contributed by atoms with van der Waals surface area (Å²) in [5, 5.41) is 9.33. The number of carbonyl (C=O) groups is 1. The fourth-order valence-electron chi connectivity index (χ4n) is 3.15. The van der Waals surface area contributed by atoms with E-state index in [0.29, 0.717) is 35.0 Å². The molecule has 2 amide bonds. The van der Waals surface area contributed by atoms with Crippen molar-refractivity contribution < 1.29 is 18.3 Å². The number of aryl methyl sites for hydroxylation is 3. The Hall–Kier alpha value is -4.34. The first-order chi connectivity index (χ1) is 15.8. The van der Waals surface area contributed by atoms with Crippen LogP contribution in [-0.2, 0) is 0 Å². The number of ether oxygens (including phenoxy) is 1. The van der Waals surface area contributed by atoms with Crippen LogP contribution in [0.15, 0.2) is 54.6 Å². The van der Waals surface area contributed by atoms with Gasteiger partial charge in [0.2, 0.25) is 5.88 Å². The minimum Gasteiger partial charge on any atom is -0.439 e. The van der Waals surface area contributed by atoms with E-state index >= 15 is 0 Å². The third kappa shape index (κ3) is 5.29. The maximum Gasteiger partial charge on any atom is 0.323 e. The molecule has 2 aromatic heterocycles. The standard InChI is InChI=1S/C23H20F2N6O2/c1-13-10-14(2)31(30-13)21-12-22(27-15(3)26-21)33-18-7-5-17(6-8-18)28-23(32)29-20-9-4-16(24)11-19(20)25/h4-12H,1-3H3,(H2,28,29,32). The molecule has 0 fully saturated rings. The number of carbonyl (C=O) groups excluding carboxylic acids is 1. The van der Waals surface area contributed by atoms with E-state index in [0.717, 1.165) is 23.5 Å². The Morgan fingerprint density at radius 3 is 2.36 bits per heavy atom. The van der Waals surface area contributed by atoms with E-state index < -0.39 is 17.7 Å². The molecule has 0 radical (unpaired) electrons. The monoisotopic (exact) mass is 450 g/mol. The second kappa shape index (κ2) is 9.03. The van der Waals surface area contributed by atoms with Gasteiger partial charge in [0, 0.05) is 23.5 Å². The van der Waals surface area contributed by atoms with Gasteiger partial charge in [0.25, 0.3) is 0 Å². The van der Waals surface area contributed by atoms with Crippen LogP contribution in [0.3, 0.4) is 0 Å². The van der Waals surface area contributed by atoms with Gasteiger partial charge in [-0.2, -0.15) is 10.1 Å². The zero-order valence-corrected chi connectivity index (χ0v) is 18.1. The van der Waals surface area contributed by atoms with Crippen molar-refractivity contribution in [3.8, 4) is 17.4 Å². The molecule has 33 heavy (non-hydrogen) atoms. The number of hydrogen-bond acceptors (Lipinski definition) is 5. The molecule has 168 valence electrons. The first kappa shape index (κ1) is 21.9. The highest BCUT2D eigenvalue weighted by molar-refractivity contribution is 5.99. The molecule has 0 saturated heterocycles. The lowest BCUT2D eigenvalue weighted by Gasteiger charge is -2.11. The van der Waals surface area contributed by atoms with Gasteiger partial charge in [-0.25, -0.2) is 23.2 Å². The molecule has 4 aromatic rings. The number of anilines is 2. The Labute approximate surface area is 188 Å². The molecule has 0 aliphatic heterocycles. The average molecular weight is 450 g/mol. The summed E-state index contributed by atoms with van der Waals surface area (Å²) in [4.78, 5) is 20.8. The number of benzene rings is 2. The molecule has 0 aliphatic carbocycles. The molecule has 0 atom stereocenters. The van der Waals surface area contributed by atoms with E-state index in [-0.39, 0.29) is 5.69 Å². The van der Waals surface area contributed by atoms with Crippen LogP contribution in [0.25, 0.3) is 5.82 Å². The number of aromatic nitrogens is 4. The quantitative estimate of drug-likeness (QED) is 0.430. The first-order valence-electron chi connectivity index (χ1n) is 9.97. The Bertz CT molecular complexity index is 1320. The van der Waals surface area contributed by atoms with Gasteiger partial charge < -0.3 is 15.4 Å². The summed E-state index contributed by atoms with van der Waals surface area (Å²) in [6, 6.07) is 12.4. The first-order valence-corrected chi connectivity index (χ1v) is 9.97. The summed E-state index contributed by atoms with van der Waals surface area (Å²) in [5.41, 5.74) is 2.13. The second-order valence-corrected chi connectivity index (χ2v) is 7.28. The maximum atomic E-state index is 13.7.